The molecular formula is C14H21NO3S. The zero-order valence-corrected chi connectivity index (χ0v) is 12.5. The number of methoxy groups -OCH3 is 2. The van der Waals surface area contributed by atoms with Crippen molar-refractivity contribution < 1.29 is 14.3 Å². The molecule has 0 aliphatic carbocycles. The number of carbonyl (C=O) groups excluding carboxylic acids is 1. The SMILES string of the molecule is COc1ccc(CNC(C)CSCC=O)c(OC)c1. The molecule has 0 aliphatic heterocycles. The van der Waals surface area contributed by atoms with Gasteiger partial charge in [0.1, 0.15) is 17.8 Å². The minimum Gasteiger partial charge on any atom is -0.497 e. The highest BCUT2D eigenvalue weighted by Crippen LogP contribution is 2.24. The van der Waals surface area contributed by atoms with Gasteiger partial charge in [-0.2, -0.15) is 11.8 Å². The van der Waals surface area contributed by atoms with E-state index in [4.69, 9.17) is 9.47 Å². The fraction of sp³-hybridized carbons (Fsp3) is 0.500. The topological polar surface area (TPSA) is 47.6 Å². The Morgan fingerprint density at radius 2 is 2.16 bits per heavy atom. The summed E-state index contributed by atoms with van der Waals surface area (Å²) in [5.74, 6) is 3.07. The maximum Gasteiger partial charge on any atom is 0.129 e. The Morgan fingerprint density at radius 3 is 2.79 bits per heavy atom. The zero-order valence-electron chi connectivity index (χ0n) is 11.6. The van der Waals surface area contributed by atoms with Crippen LogP contribution in [0.5, 0.6) is 11.5 Å². The van der Waals surface area contributed by atoms with Gasteiger partial charge >= 0.3 is 0 Å². The minimum absolute atomic E-state index is 0.344. The summed E-state index contributed by atoms with van der Waals surface area (Å²) in [6.45, 7) is 2.84. The van der Waals surface area contributed by atoms with Crippen molar-refractivity contribution in [2.75, 3.05) is 25.7 Å². The summed E-state index contributed by atoms with van der Waals surface area (Å²) in [6.07, 6.45) is 0.934. The summed E-state index contributed by atoms with van der Waals surface area (Å²) in [4.78, 5) is 10.2. The summed E-state index contributed by atoms with van der Waals surface area (Å²) in [6, 6.07) is 6.14. The molecule has 19 heavy (non-hydrogen) atoms. The first-order valence-electron chi connectivity index (χ1n) is 6.17. The highest BCUT2D eigenvalue weighted by Gasteiger charge is 2.07. The van der Waals surface area contributed by atoms with Gasteiger partial charge in [0.2, 0.25) is 0 Å². The van der Waals surface area contributed by atoms with E-state index in [1.165, 1.54) is 0 Å². The Kier molecular flexibility index (Phi) is 7.36. The predicted octanol–water partition coefficient (Wildman–Crippen LogP) is 2.11. The number of aldehydes is 1. The van der Waals surface area contributed by atoms with Crippen molar-refractivity contribution in [1.82, 2.24) is 5.32 Å². The van der Waals surface area contributed by atoms with Crippen LogP contribution in [0.1, 0.15) is 12.5 Å². The van der Waals surface area contributed by atoms with Gasteiger partial charge in [-0.3, -0.25) is 0 Å². The van der Waals surface area contributed by atoms with E-state index >= 15 is 0 Å². The molecule has 5 heteroatoms. The van der Waals surface area contributed by atoms with Crippen LogP contribution in [0.15, 0.2) is 18.2 Å². The maximum atomic E-state index is 10.2. The van der Waals surface area contributed by atoms with Crippen LogP contribution in [-0.2, 0) is 11.3 Å². The first kappa shape index (κ1) is 15.9. The quantitative estimate of drug-likeness (QED) is 0.555. The van der Waals surface area contributed by atoms with E-state index in [0.717, 1.165) is 35.6 Å². The lowest BCUT2D eigenvalue weighted by Crippen LogP contribution is -2.28. The number of thioether (sulfide) groups is 1. The molecule has 1 rings (SSSR count). The van der Waals surface area contributed by atoms with Gasteiger partial charge in [-0.05, 0) is 13.0 Å². The molecule has 4 nitrogen and oxygen atoms in total. The minimum atomic E-state index is 0.344. The molecule has 0 spiro atoms. The van der Waals surface area contributed by atoms with Gasteiger partial charge in [0.25, 0.3) is 0 Å². The van der Waals surface area contributed by atoms with Crippen molar-refractivity contribution in [2.45, 2.75) is 19.5 Å². The van der Waals surface area contributed by atoms with E-state index in [1.807, 2.05) is 18.2 Å². The van der Waals surface area contributed by atoms with Crippen LogP contribution < -0.4 is 14.8 Å². The molecule has 0 bridgehead atoms. The predicted molar refractivity (Wildman–Crippen MR) is 79.2 cm³/mol. The Balaban J connectivity index is 2.50. The van der Waals surface area contributed by atoms with Gasteiger partial charge in [-0.1, -0.05) is 6.07 Å². The smallest absolute Gasteiger partial charge is 0.129 e. The number of rotatable bonds is 9. The number of hydrogen-bond acceptors (Lipinski definition) is 5. The van der Waals surface area contributed by atoms with E-state index in [9.17, 15) is 4.79 Å². The van der Waals surface area contributed by atoms with Gasteiger partial charge in [0, 0.05) is 35.7 Å². The Hall–Kier alpha value is -1.20. The van der Waals surface area contributed by atoms with Crippen molar-refractivity contribution in [1.29, 1.82) is 0 Å². The number of nitrogens with one attached hydrogen (secondary N) is 1. The Bertz CT molecular complexity index is 398. The van der Waals surface area contributed by atoms with E-state index < -0.39 is 0 Å². The van der Waals surface area contributed by atoms with Crippen LogP contribution in [0.2, 0.25) is 0 Å². The average molecular weight is 283 g/mol. The number of benzene rings is 1. The highest BCUT2D eigenvalue weighted by molar-refractivity contribution is 7.99. The van der Waals surface area contributed by atoms with Crippen molar-refractivity contribution in [3.8, 4) is 11.5 Å². The molecule has 0 heterocycles. The van der Waals surface area contributed by atoms with Gasteiger partial charge in [-0.25, -0.2) is 0 Å². The molecule has 1 atom stereocenters. The van der Waals surface area contributed by atoms with E-state index in [-0.39, 0.29) is 0 Å². The highest BCUT2D eigenvalue weighted by atomic mass is 32.2. The number of ether oxygens (including phenoxy) is 2. The molecule has 0 aliphatic rings. The van der Waals surface area contributed by atoms with Crippen LogP contribution in [0.25, 0.3) is 0 Å². The Labute approximate surface area is 118 Å². The van der Waals surface area contributed by atoms with Crippen molar-refractivity contribution in [2.24, 2.45) is 0 Å². The summed E-state index contributed by atoms with van der Waals surface area (Å²) < 4.78 is 10.5. The molecule has 0 saturated heterocycles. The molecule has 1 N–H and O–H groups in total. The van der Waals surface area contributed by atoms with E-state index in [1.54, 1.807) is 26.0 Å². The van der Waals surface area contributed by atoms with Gasteiger partial charge < -0.3 is 19.6 Å². The lowest BCUT2D eigenvalue weighted by atomic mass is 10.2. The normalized spacial score (nSPS) is 11.9. The molecule has 0 aromatic heterocycles. The third kappa shape index (κ3) is 5.53. The fourth-order valence-corrected chi connectivity index (χ4v) is 2.34. The lowest BCUT2D eigenvalue weighted by Gasteiger charge is -2.15. The molecular weight excluding hydrogens is 262 g/mol. The molecule has 0 fully saturated rings. The first-order chi connectivity index (χ1) is 9.21. The third-order valence-electron chi connectivity index (χ3n) is 2.69. The summed E-state index contributed by atoms with van der Waals surface area (Å²) >= 11 is 1.63. The fourth-order valence-electron chi connectivity index (χ4n) is 1.63. The maximum absolute atomic E-state index is 10.2. The standard InChI is InChI=1S/C14H21NO3S/c1-11(10-19-7-6-16)15-9-12-4-5-13(17-2)8-14(12)18-3/h4-6,8,11,15H,7,9-10H2,1-3H3. The molecule has 1 unspecified atom stereocenters. The van der Waals surface area contributed by atoms with Crippen LogP contribution in [0, 0.1) is 0 Å². The van der Waals surface area contributed by atoms with Crippen molar-refractivity contribution >= 4 is 18.0 Å². The van der Waals surface area contributed by atoms with Gasteiger partial charge in [-0.15, -0.1) is 0 Å². The molecule has 1 aromatic carbocycles. The molecule has 106 valence electrons. The summed E-state index contributed by atoms with van der Waals surface area (Å²) in [5.41, 5.74) is 1.09. The molecule has 0 saturated carbocycles. The second-order valence-corrected chi connectivity index (χ2v) is 5.24. The Morgan fingerprint density at radius 1 is 1.37 bits per heavy atom. The van der Waals surface area contributed by atoms with Crippen LogP contribution in [0.3, 0.4) is 0 Å². The number of hydrogen-bond donors (Lipinski definition) is 1. The van der Waals surface area contributed by atoms with Gasteiger partial charge in [0.15, 0.2) is 0 Å². The van der Waals surface area contributed by atoms with Gasteiger partial charge in [0.05, 0.1) is 14.2 Å². The second kappa shape index (κ2) is 8.82. The lowest BCUT2D eigenvalue weighted by molar-refractivity contribution is -0.105. The average Bonchev–Trinajstić information content (AvgIpc) is 2.45. The van der Waals surface area contributed by atoms with Crippen molar-refractivity contribution in [3.63, 3.8) is 0 Å². The van der Waals surface area contributed by atoms with E-state index in [2.05, 4.69) is 12.2 Å². The first-order valence-corrected chi connectivity index (χ1v) is 7.32. The zero-order chi connectivity index (χ0) is 14.1. The van der Waals surface area contributed by atoms with Crippen LogP contribution in [0.4, 0.5) is 0 Å². The van der Waals surface area contributed by atoms with Crippen LogP contribution in [-0.4, -0.2) is 38.1 Å². The monoisotopic (exact) mass is 283 g/mol. The second-order valence-electron chi connectivity index (χ2n) is 4.16. The van der Waals surface area contributed by atoms with E-state index in [0.29, 0.717) is 11.8 Å². The van der Waals surface area contributed by atoms with Crippen molar-refractivity contribution in [3.05, 3.63) is 23.8 Å². The molecule has 1 aromatic rings. The van der Waals surface area contributed by atoms with Crippen LogP contribution >= 0.6 is 11.8 Å². The largest absolute Gasteiger partial charge is 0.497 e. The summed E-state index contributed by atoms with van der Waals surface area (Å²) in [7, 11) is 3.29. The summed E-state index contributed by atoms with van der Waals surface area (Å²) in [5, 5.41) is 3.41. The molecule has 0 amide bonds. The number of carbonyl (C=O) groups is 1. The molecule has 0 radical (unpaired) electrons. The third-order valence-corrected chi connectivity index (χ3v) is 3.80.